The van der Waals surface area contributed by atoms with Crippen molar-refractivity contribution < 1.29 is 9.21 Å². The average molecular weight is 293 g/mol. The molecule has 1 aromatic rings. The van der Waals surface area contributed by atoms with Gasteiger partial charge in [-0.1, -0.05) is 6.92 Å². The van der Waals surface area contributed by atoms with Crippen LogP contribution in [0.3, 0.4) is 0 Å². The number of rotatable bonds is 7. The fraction of sp³-hybridized carbons (Fsp3) is 0.688. The Morgan fingerprint density at radius 1 is 1.52 bits per heavy atom. The van der Waals surface area contributed by atoms with Gasteiger partial charge in [0, 0.05) is 13.1 Å². The van der Waals surface area contributed by atoms with Crippen molar-refractivity contribution in [3.63, 3.8) is 0 Å². The molecule has 1 unspecified atom stereocenters. The molecule has 0 saturated carbocycles. The Morgan fingerprint density at radius 2 is 2.38 bits per heavy atom. The first-order chi connectivity index (χ1) is 10.2. The molecular formula is C16H27N3O2. The maximum Gasteiger partial charge on any atom is 0.254 e. The monoisotopic (exact) mass is 293 g/mol. The molecule has 0 bridgehead atoms. The zero-order valence-corrected chi connectivity index (χ0v) is 12.9. The summed E-state index contributed by atoms with van der Waals surface area (Å²) in [5, 5.41) is 2.92. The molecule has 1 aliphatic heterocycles. The van der Waals surface area contributed by atoms with Gasteiger partial charge in [-0.05, 0) is 50.8 Å². The van der Waals surface area contributed by atoms with E-state index in [0.29, 0.717) is 24.4 Å². The Kier molecular flexibility index (Phi) is 6.26. The highest BCUT2D eigenvalue weighted by Gasteiger charge is 2.15. The number of furan rings is 1. The molecule has 1 amide bonds. The summed E-state index contributed by atoms with van der Waals surface area (Å²) in [6, 6.07) is 1.70. The van der Waals surface area contributed by atoms with E-state index in [1.54, 1.807) is 6.07 Å². The molecule has 1 aliphatic rings. The molecule has 1 fully saturated rings. The molecule has 2 heterocycles. The zero-order valence-electron chi connectivity index (χ0n) is 12.9. The van der Waals surface area contributed by atoms with Crippen LogP contribution in [0.25, 0.3) is 0 Å². The maximum atomic E-state index is 11.9. The number of carbonyl (C=O) groups is 1. The third kappa shape index (κ3) is 5.17. The van der Waals surface area contributed by atoms with Crippen LogP contribution in [0.1, 0.15) is 48.7 Å². The smallest absolute Gasteiger partial charge is 0.254 e. The van der Waals surface area contributed by atoms with Crippen LogP contribution in [-0.2, 0) is 6.54 Å². The van der Waals surface area contributed by atoms with Crippen molar-refractivity contribution >= 4 is 5.91 Å². The molecule has 1 saturated heterocycles. The van der Waals surface area contributed by atoms with E-state index in [-0.39, 0.29) is 5.91 Å². The summed E-state index contributed by atoms with van der Waals surface area (Å²) in [6.07, 6.45) is 6.29. The van der Waals surface area contributed by atoms with Crippen molar-refractivity contribution in [3.05, 3.63) is 23.7 Å². The molecule has 21 heavy (non-hydrogen) atoms. The highest BCUT2D eigenvalue weighted by atomic mass is 16.3. The van der Waals surface area contributed by atoms with Gasteiger partial charge in [0.1, 0.15) is 12.0 Å². The van der Waals surface area contributed by atoms with Gasteiger partial charge in [0.2, 0.25) is 0 Å². The summed E-state index contributed by atoms with van der Waals surface area (Å²) in [4.78, 5) is 14.4. The van der Waals surface area contributed by atoms with Gasteiger partial charge < -0.3 is 20.4 Å². The fourth-order valence-electron chi connectivity index (χ4n) is 2.86. The highest BCUT2D eigenvalue weighted by Crippen LogP contribution is 2.15. The van der Waals surface area contributed by atoms with Crippen LogP contribution in [-0.4, -0.2) is 37.0 Å². The molecule has 2 rings (SSSR count). The lowest BCUT2D eigenvalue weighted by Crippen LogP contribution is -2.35. The van der Waals surface area contributed by atoms with Crippen LogP contribution in [0.5, 0.6) is 0 Å². The minimum Gasteiger partial charge on any atom is -0.467 e. The number of nitrogens with one attached hydrogen (secondary N) is 1. The molecule has 0 spiro atoms. The Morgan fingerprint density at radius 3 is 3.10 bits per heavy atom. The summed E-state index contributed by atoms with van der Waals surface area (Å²) in [7, 11) is 0. The van der Waals surface area contributed by atoms with Gasteiger partial charge in [0.05, 0.1) is 12.1 Å². The maximum absolute atomic E-state index is 11.9. The minimum atomic E-state index is -0.0787. The van der Waals surface area contributed by atoms with Crippen molar-refractivity contribution in [2.45, 2.75) is 39.2 Å². The summed E-state index contributed by atoms with van der Waals surface area (Å²) in [5.74, 6) is 1.39. The van der Waals surface area contributed by atoms with E-state index >= 15 is 0 Å². The van der Waals surface area contributed by atoms with E-state index in [9.17, 15) is 4.79 Å². The first-order valence-corrected chi connectivity index (χ1v) is 7.97. The normalized spacial score (nSPS) is 19.6. The van der Waals surface area contributed by atoms with E-state index < -0.39 is 0 Å². The van der Waals surface area contributed by atoms with Gasteiger partial charge in [-0.25, -0.2) is 0 Å². The number of carbonyl (C=O) groups excluding carboxylic acids is 1. The molecule has 118 valence electrons. The van der Waals surface area contributed by atoms with Crippen LogP contribution >= 0.6 is 0 Å². The van der Waals surface area contributed by atoms with Gasteiger partial charge in [-0.2, -0.15) is 0 Å². The predicted molar refractivity (Wildman–Crippen MR) is 83.0 cm³/mol. The molecule has 5 nitrogen and oxygen atoms in total. The second kappa shape index (κ2) is 8.20. The number of unbranched alkanes of at least 4 members (excludes halogenated alkanes) is 1. The topological polar surface area (TPSA) is 71.5 Å². The lowest BCUT2D eigenvalue weighted by atomic mass is 10.0. The SMILES string of the molecule is CC1CCCN(CCCCNC(=O)c2coc(CN)c2)C1. The number of amides is 1. The average Bonchev–Trinajstić information content (AvgIpc) is 2.96. The third-order valence-electron chi connectivity index (χ3n) is 4.04. The molecule has 3 N–H and O–H groups in total. The fourth-order valence-corrected chi connectivity index (χ4v) is 2.86. The Labute approximate surface area is 126 Å². The van der Waals surface area contributed by atoms with Gasteiger partial charge in [-0.3, -0.25) is 4.79 Å². The predicted octanol–water partition coefficient (Wildman–Crippen LogP) is 1.98. The Balaban J connectivity index is 1.58. The van der Waals surface area contributed by atoms with Gasteiger partial charge in [0.25, 0.3) is 5.91 Å². The van der Waals surface area contributed by atoms with Crippen LogP contribution in [0.2, 0.25) is 0 Å². The molecule has 0 aliphatic carbocycles. The highest BCUT2D eigenvalue weighted by molar-refractivity contribution is 5.93. The van der Waals surface area contributed by atoms with Crippen LogP contribution < -0.4 is 11.1 Å². The summed E-state index contributed by atoms with van der Waals surface area (Å²) < 4.78 is 5.16. The van der Waals surface area contributed by atoms with Crippen molar-refractivity contribution in [1.82, 2.24) is 10.2 Å². The number of nitrogens with zero attached hydrogens (tertiary/aromatic N) is 1. The number of hydrogen-bond acceptors (Lipinski definition) is 4. The van der Waals surface area contributed by atoms with Crippen molar-refractivity contribution in [2.75, 3.05) is 26.2 Å². The second-order valence-corrected chi connectivity index (χ2v) is 6.02. The lowest BCUT2D eigenvalue weighted by molar-refractivity contribution is 0.0951. The summed E-state index contributed by atoms with van der Waals surface area (Å²) in [5.41, 5.74) is 6.01. The van der Waals surface area contributed by atoms with Crippen LogP contribution in [0.4, 0.5) is 0 Å². The first-order valence-electron chi connectivity index (χ1n) is 7.97. The largest absolute Gasteiger partial charge is 0.467 e. The van der Waals surface area contributed by atoms with Crippen LogP contribution in [0, 0.1) is 5.92 Å². The lowest BCUT2D eigenvalue weighted by Gasteiger charge is -2.30. The van der Waals surface area contributed by atoms with E-state index in [1.807, 2.05) is 0 Å². The van der Waals surface area contributed by atoms with Gasteiger partial charge in [-0.15, -0.1) is 0 Å². The second-order valence-electron chi connectivity index (χ2n) is 6.02. The van der Waals surface area contributed by atoms with E-state index in [1.165, 1.54) is 32.2 Å². The summed E-state index contributed by atoms with van der Waals surface area (Å²) >= 11 is 0. The van der Waals surface area contributed by atoms with E-state index in [2.05, 4.69) is 17.1 Å². The molecule has 0 radical (unpaired) electrons. The quantitative estimate of drug-likeness (QED) is 0.754. The zero-order chi connectivity index (χ0) is 15.1. The van der Waals surface area contributed by atoms with Gasteiger partial charge in [0.15, 0.2) is 0 Å². The molecule has 1 aromatic heterocycles. The van der Waals surface area contributed by atoms with E-state index in [4.69, 9.17) is 10.2 Å². The van der Waals surface area contributed by atoms with Crippen molar-refractivity contribution in [2.24, 2.45) is 11.7 Å². The number of hydrogen-bond donors (Lipinski definition) is 2. The molecular weight excluding hydrogens is 266 g/mol. The number of nitrogens with two attached hydrogens (primary N) is 1. The van der Waals surface area contributed by atoms with Crippen molar-refractivity contribution in [1.29, 1.82) is 0 Å². The standard InChI is InChI=1S/C16H27N3O2/c1-13-5-4-8-19(11-13)7-3-2-6-18-16(20)14-9-15(10-17)21-12-14/h9,12-13H,2-8,10-11,17H2,1H3,(H,18,20). The first kappa shape index (κ1) is 16.0. The minimum absolute atomic E-state index is 0.0787. The van der Waals surface area contributed by atoms with Gasteiger partial charge >= 0.3 is 0 Å². The molecule has 0 aromatic carbocycles. The Bertz CT molecular complexity index is 444. The Hall–Kier alpha value is -1.33. The third-order valence-corrected chi connectivity index (χ3v) is 4.04. The molecule has 1 atom stereocenters. The summed E-state index contributed by atoms with van der Waals surface area (Å²) in [6.45, 7) is 6.96. The van der Waals surface area contributed by atoms with E-state index in [0.717, 1.165) is 25.3 Å². The number of piperidine rings is 1. The number of likely N-dealkylation sites (tertiary alicyclic amines) is 1. The van der Waals surface area contributed by atoms with Crippen LogP contribution in [0.15, 0.2) is 16.7 Å². The molecule has 5 heteroatoms. The van der Waals surface area contributed by atoms with Crippen molar-refractivity contribution in [3.8, 4) is 0 Å².